The topological polar surface area (TPSA) is 81.2 Å². The van der Waals surface area contributed by atoms with Gasteiger partial charge in [0.05, 0.1) is 0 Å². The van der Waals surface area contributed by atoms with Crippen molar-refractivity contribution in [2.45, 2.75) is 38.9 Å². The number of aromatic nitrogens is 3. The quantitative estimate of drug-likeness (QED) is 0.424. The molecular weight excluding hydrogens is 386 g/mol. The maximum atomic E-state index is 4.42. The van der Waals surface area contributed by atoms with Crippen LogP contribution in [0.5, 0.6) is 0 Å². The number of likely N-dealkylation sites (tertiary alicyclic amines) is 1. The van der Waals surface area contributed by atoms with Crippen LogP contribution in [0, 0.1) is 6.92 Å². The Bertz CT molecular complexity index is 989. The number of benzene rings is 2. The van der Waals surface area contributed by atoms with E-state index in [1.807, 2.05) is 19.2 Å². The maximum Gasteiger partial charge on any atom is 0.191 e. The average molecular weight is 418 g/mol. The number of aryl methyl sites for hydroxylation is 1. The Hall–Kier alpha value is -3.19. The Kier molecular flexibility index (Phi) is 6.94. The monoisotopic (exact) mass is 417 g/mol. The molecule has 0 aliphatic carbocycles. The highest BCUT2D eigenvalue weighted by atomic mass is 15.2. The van der Waals surface area contributed by atoms with E-state index in [0.29, 0.717) is 12.6 Å². The molecule has 7 nitrogen and oxygen atoms in total. The molecule has 2 aromatic carbocycles. The van der Waals surface area contributed by atoms with Gasteiger partial charge in [0.2, 0.25) is 0 Å². The Morgan fingerprint density at radius 3 is 2.74 bits per heavy atom. The number of hydrogen-bond donors (Lipinski definition) is 3. The largest absolute Gasteiger partial charge is 0.354 e. The fourth-order valence-corrected chi connectivity index (χ4v) is 4.01. The summed E-state index contributed by atoms with van der Waals surface area (Å²) in [7, 11) is 1.83. The molecule has 0 spiro atoms. The van der Waals surface area contributed by atoms with Gasteiger partial charge in [-0.25, -0.2) is 4.98 Å². The zero-order chi connectivity index (χ0) is 21.5. The van der Waals surface area contributed by atoms with Gasteiger partial charge in [0, 0.05) is 44.8 Å². The summed E-state index contributed by atoms with van der Waals surface area (Å²) < 4.78 is 0. The minimum atomic E-state index is 0.444. The first-order chi connectivity index (χ1) is 15.2. The van der Waals surface area contributed by atoms with Gasteiger partial charge < -0.3 is 10.6 Å². The highest BCUT2D eigenvalue weighted by Gasteiger charge is 2.20. The zero-order valence-corrected chi connectivity index (χ0v) is 18.3. The number of rotatable bonds is 6. The minimum absolute atomic E-state index is 0.444. The first-order valence-electron chi connectivity index (χ1n) is 10.9. The molecule has 1 aliphatic heterocycles. The lowest BCUT2D eigenvalue weighted by Gasteiger charge is -2.33. The molecule has 0 unspecified atom stereocenters. The van der Waals surface area contributed by atoms with E-state index in [9.17, 15) is 0 Å². The number of piperidine rings is 1. The third kappa shape index (κ3) is 5.70. The molecule has 7 heteroatoms. The number of aliphatic imine (C=N–C) groups is 1. The molecule has 31 heavy (non-hydrogen) atoms. The van der Waals surface area contributed by atoms with Crippen LogP contribution < -0.4 is 10.6 Å². The lowest BCUT2D eigenvalue weighted by atomic mass is 10.0. The van der Waals surface area contributed by atoms with E-state index >= 15 is 0 Å². The van der Waals surface area contributed by atoms with Crippen molar-refractivity contribution >= 4 is 5.96 Å². The van der Waals surface area contributed by atoms with Crippen LogP contribution in [0.1, 0.15) is 29.5 Å². The van der Waals surface area contributed by atoms with Crippen LogP contribution in [0.2, 0.25) is 0 Å². The van der Waals surface area contributed by atoms with Crippen LogP contribution in [-0.2, 0) is 13.1 Å². The van der Waals surface area contributed by atoms with E-state index in [4.69, 9.17) is 0 Å². The second-order valence-corrected chi connectivity index (χ2v) is 8.08. The average Bonchev–Trinajstić information content (AvgIpc) is 3.35. The molecule has 0 atom stereocenters. The van der Waals surface area contributed by atoms with E-state index in [-0.39, 0.29) is 0 Å². The lowest BCUT2D eigenvalue weighted by molar-refractivity contribution is 0.198. The van der Waals surface area contributed by atoms with Crippen molar-refractivity contribution in [1.29, 1.82) is 0 Å². The molecule has 0 saturated carbocycles. The molecule has 0 bridgehead atoms. The molecule has 1 fully saturated rings. The van der Waals surface area contributed by atoms with E-state index in [1.165, 1.54) is 23.0 Å². The van der Waals surface area contributed by atoms with Crippen molar-refractivity contribution in [2.24, 2.45) is 4.99 Å². The van der Waals surface area contributed by atoms with E-state index in [2.05, 4.69) is 79.0 Å². The molecule has 1 aliphatic rings. The number of aromatic amines is 1. The summed E-state index contributed by atoms with van der Waals surface area (Å²) in [6, 6.07) is 17.4. The molecule has 1 aromatic heterocycles. The highest BCUT2D eigenvalue weighted by Crippen LogP contribution is 2.17. The van der Waals surface area contributed by atoms with Gasteiger partial charge in [-0.1, -0.05) is 42.5 Å². The van der Waals surface area contributed by atoms with Crippen molar-refractivity contribution < 1.29 is 0 Å². The molecule has 2 heterocycles. The van der Waals surface area contributed by atoms with Gasteiger partial charge in [-0.2, -0.15) is 5.10 Å². The fourth-order valence-electron chi connectivity index (χ4n) is 4.01. The summed E-state index contributed by atoms with van der Waals surface area (Å²) in [4.78, 5) is 11.2. The van der Waals surface area contributed by atoms with Crippen molar-refractivity contribution in [3.63, 3.8) is 0 Å². The van der Waals surface area contributed by atoms with Gasteiger partial charge in [-0.05, 0) is 42.5 Å². The van der Waals surface area contributed by atoms with Gasteiger partial charge in [0.1, 0.15) is 6.33 Å². The van der Waals surface area contributed by atoms with Crippen LogP contribution >= 0.6 is 0 Å². The number of guanidine groups is 1. The Morgan fingerprint density at radius 1 is 1.16 bits per heavy atom. The predicted molar refractivity (Wildman–Crippen MR) is 125 cm³/mol. The molecule has 4 rings (SSSR count). The number of H-pyrrole nitrogens is 1. The standard InChI is InChI=1S/C24H31N7/c1-18-6-3-4-8-21(18)16-31-12-10-22(11-13-31)29-24(25-2)26-15-19-7-5-9-20(14-19)23-27-17-28-30-23/h3-9,14,17,22H,10-13,15-16H2,1-2H3,(H2,25,26,29)(H,27,28,30). The summed E-state index contributed by atoms with van der Waals surface area (Å²) in [6.45, 7) is 6.13. The summed E-state index contributed by atoms with van der Waals surface area (Å²) in [5.41, 5.74) is 5.00. The first-order valence-corrected chi connectivity index (χ1v) is 10.9. The second-order valence-electron chi connectivity index (χ2n) is 8.08. The third-order valence-electron chi connectivity index (χ3n) is 5.88. The third-order valence-corrected chi connectivity index (χ3v) is 5.88. The van der Waals surface area contributed by atoms with Gasteiger partial charge >= 0.3 is 0 Å². The number of hydrogen-bond acceptors (Lipinski definition) is 4. The molecule has 3 N–H and O–H groups in total. The van der Waals surface area contributed by atoms with Crippen LogP contribution in [0.3, 0.4) is 0 Å². The van der Waals surface area contributed by atoms with Crippen molar-refractivity contribution in [1.82, 2.24) is 30.7 Å². The minimum Gasteiger partial charge on any atom is -0.354 e. The van der Waals surface area contributed by atoms with Gasteiger partial charge in [0.25, 0.3) is 0 Å². The smallest absolute Gasteiger partial charge is 0.191 e. The van der Waals surface area contributed by atoms with Gasteiger partial charge in [0.15, 0.2) is 11.8 Å². The SMILES string of the molecule is CN=C(NCc1cccc(-c2ncn[nH]2)c1)NC1CCN(Cc2ccccc2C)CC1. The number of nitrogens with zero attached hydrogens (tertiary/aromatic N) is 4. The molecule has 1 saturated heterocycles. The van der Waals surface area contributed by atoms with Crippen LogP contribution in [0.4, 0.5) is 0 Å². The molecule has 0 amide bonds. The lowest BCUT2D eigenvalue weighted by Crippen LogP contribution is -2.48. The van der Waals surface area contributed by atoms with Gasteiger partial charge in [-0.15, -0.1) is 0 Å². The van der Waals surface area contributed by atoms with E-state index in [0.717, 1.165) is 49.8 Å². The van der Waals surface area contributed by atoms with Crippen molar-refractivity contribution in [3.8, 4) is 11.4 Å². The summed E-state index contributed by atoms with van der Waals surface area (Å²) in [5, 5.41) is 13.9. The van der Waals surface area contributed by atoms with Crippen molar-refractivity contribution in [2.75, 3.05) is 20.1 Å². The van der Waals surface area contributed by atoms with Crippen LogP contribution in [0.15, 0.2) is 59.9 Å². The highest BCUT2D eigenvalue weighted by molar-refractivity contribution is 5.80. The maximum absolute atomic E-state index is 4.42. The molecule has 162 valence electrons. The first kappa shape index (κ1) is 21.1. The summed E-state index contributed by atoms with van der Waals surface area (Å²) in [5.74, 6) is 1.63. The normalized spacial score (nSPS) is 15.7. The Labute approximate surface area is 184 Å². The molecule has 3 aromatic rings. The fraction of sp³-hybridized carbons (Fsp3) is 0.375. The number of nitrogens with one attached hydrogen (secondary N) is 3. The van der Waals surface area contributed by atoms with Crippen LogP contribution in [0.25, 0.3) is 11.4 Å². The predicted octanol–water partition coefficient (Wildman–Crippen LogP) is 3.11. The summed E-state index contributed by atoms with van der Waals surface area (Å²) in [6.07, 6.45) is 3.76. The zero-order valence-electron chi connectivity index (χ0n) is 18.3. The molecular formula is C24H31N7. The van der Waals surface area contributed by atoms with E-state index in [1.54, 1.807) is 0 Å². The molecule has 0 radical (unpaired) electrons. The van der Waals surface area contributed by atoms with Crippen LogP contribution in [-0.4, -0.2) is 52.2 Å². The van der Waals surface area contributed by atoms with E-state index < -0.39 is 0 Å². The Morgan fingerprint density at radius 2 is 2.00 bits per heavy atom. The van der Waals surface area contributed by atoms with Gasteiger partial charge in [-0.3, -0.25) is 15.0 Å². The summed E-state index contributed by atoms with van der Waals surface area (Å²) >= 11 is 0. The van der Waals surface area contributed by atoms with Crippen molar-refractivity contribution in [3.05, 3.63) is 71.5 Å². The Balaban J connectivity index is 1.25. The second kappa shape index (κ2) is 10.2.